The first-order chi connectivity index (χ1) is 5.57. The van der Waals surface area contributed by atoms with Gasteiger partial charge in [-0.25, -0.2) is 0 Å². The van der Waals surface area contributed by atoms with Crippen molar-refractivity contribution in [1.29, 1.82) is 0 Å². The summed E-state index contributed by atoms with van der Waals surface area (Å²) in [4.78, 5) is 0. The first-order valence-corrected chi connectivity index (χ1v) is 4.40. The summed E-state index contributed by atoms with van der Waals surface area (Å²) in [5.74, 6) is 0. The van der Waals surface area contributed by atoms with Gasteiger partial charge in [-0.1, -0.05) is 12.7 Å². The molecule has 0 atom stereocenters. The summed E-state index contributed by atoms with van der Waals surface area (Å²) >= 11 is 0. The second kappa shape index (κ2) is 3.18. The lowest BCUT2D eigenvalue weighted by atomic mass is 10.3. The van der Waals surface area contributed by atoms with Crippen LogP contribution in [0, 0.1) is 6.92 Å². The molecule has 1 heterocycles. The molecule has 12 heavy (non-hydrogen) atoms. The van der Waals surface area contributed by atoms with E-state index in [1.807, 2.05) is 0 Å². The fourth-order valence-electron chi connectivity index (χ4n) is 1.58. The maximum Gasteiger partial charge on any atom is 0.0409 e. The summed E-state index contributed by atoms with van der Waals surface area (Å²) in [6.45, 7) is 12.6. The Hall–Kier alpha value is -0.980. The summed E-state index contributed by atoms with van der Waals surface area (Å²) < 4.78 is 2.21. The van der Waals surface area contributed by atoms with Gasteiger partial charge in [-0.3, -0.25) is 0 Å². The minimum Gasteiger partial charge on any atom is -0.345 e. The van der Waals surface area contributed by atoms with Gasteiger partial charge in [0.1, 0.15) is 0 Å². The van der Waals surface area contributed by atoms with Gasteiger partial charge in [0.25, 0.3) is 0 Å². The quantitative estimate of drug-likeness (QED) is 0.592. The van der Waals surface area contributed by atoms with E-state index in [1.165, 1.54) is 10.8 Å². The second-order valence-electron chi connectivity index (χ2n) is 3.46. The van der Waals surface area contributed by atoms with Crippen molar-refractivity contribution in [3.63, 3.8) is 0 Å². The molecule has 0 aliphatic rings. The molecule has 1 heteroatoms. The van der Waals surface area contributed by atoms with Gasteiger partial charge in [0.05, 0.1) is 0 Å². The number of aromatic nitrogens is 1. The fourth-order valence-corrected chi connectivity index (χ4v) is 1.58. The first kappa shape index (κ1) is 9.11. The molecule has 0 saturated heterocycles. The van der Waals surface area contributed by atoms with Crippen LogP contribution in [0.3, 0.4) is 0 Å². The molecular weight excluding hydrogens is 146 g/mol. The van der Waals surface area contributed by atoms with Crippen LogP contribution in [0.15, 0.2) is 6.20 Å². The third-order valence-corrected chi connectivity index (χ3v) is 2.23. The summed E-state index contributed by atoms with van der Waals surface area (Å²) in [6.07, 6.45) is 4.29. The third kappa shape index (κ3) is 1.31. The van der Waals surface area contributed by atoms with Crippen LogP contribution in [-0.2, 0) is 0 Å². The normalized spacial score (nSPS) is 12.9. The summed E-state index contributed by atoms with van der Waals surface area (Å²) in [6, 6.07) is 0.505. The SMILES string of the molecule is C=c1/c(=C\C)c(C)cn1C(C)C. The number of hydrogen-bond acceptors (Lipinski definition) is 0. The topological polar surface area (TPSA) is 4.93 Å². The van der Waals surface area contributed by atoms with Crippen molar-refractivity contribution >= 4 is 12.7 Å². The van der Waals surface area contributed by atoms with Crippen LogP contribution < -0.4 is 10.6 Å². The van der Waals surface area contributed by atoms with Gasteiger partial charge < -0.3 is 4.57 Å². The van der Waals surface area contributed by atoms with E-state index in [0.717, 1.165) is 5.35 Å². The fraction of sp³-hybridized carbons (Fsp3) is 0.455. The Morgan fingerprint density at radius 2 is 2.08 bits per heavy atom. The van der Waals surface area contributed by atoms with Crippen molar-refractivity contribution < 1.29 is 0 Å². The van der Waals surface area contributed by atoms with E-state index < -0.39 is 0 Å². The molecule has 0 radical (unpaired) electrons. The molecule has 1 aromatic heterocycles. The maximum absolute atomic E-state index is 4.07. The average molecular weight is 163 g/mol. The van der Waals surface area contributed by atoms with Crippen molar-refractivity contribution in [1.82, 2.24) is 4.57 Å². The summed E-state index contributed by atoms with van der Waals surface area (Å²) in [5, 5.41) is 2.41. The molecule has 66 valence electrons. The molecule has 0 aromatic carbocycles. The molecule has 0 aliphatic heterocycles. The molecule has 0 aliphatic carbocycles. The minimum absolute atomic E-state index is 0.505. The monoisotopic (exact) mass is 163 g/mol. The lowest BCUT2D eigenvalue weighted by Crippen LogP contribution is -2.28. The van der Waals surface area contributed by atoms with E-state index in [4.69, 9.17) is 0 Å². The highest BCUT2D eigenvalue weighted by Crippen LogP contribution is 1.99. The zero-order valence-electron chi connectivity index (χ0n) is 8.39. The first-order valence-electron chi connectivity index (χ1n) is 4.40. The zero-order chi connectivity index (χ0) is 9.30. The van der Waals surface area contributed by atoms with Crippen molar-refractivity contribution in [2.24, 2.45) is 0 Å². The number of rotatable bonds is 1. The number of aryl methyl sites for hydroxylation is 1. The van der Waals surface area contributed by atoms with Gasteiger partial charge in [-0.15, -0.1) is 0 Å². The lowest BCUT2D eigenvalue weighted by Gasteiger charge is -2.06. The molecule has 0 unspecified atom stereocenters. The average Bonchev–Trinajstić information content (AvgIpc) is 2.27. The largest absolute Gasteiger partial charge is 0.345 e. The van der Waals surface area contributed by atoms with Crippen LogP contribution in [0.5, 0.6) is 0 Å². The minimum atomic E-state index is 0.505. The molecule has 0 spiro atoms. The molecule has 0 amide bonds. The highest BCUT2D eigenvalue weighted by Gasteiger charge is 2.00. The van der Waals surface area contributed by atoms with E-state index in [0.29, 0.717) is 6.04 Å². The third-order valence-electron chi connectivity index (χ3n) is 2.23. The highest BCUT2D eigenvalue weighted by atomic mass is 15.0. The van der Waals surface area contributed by atoms with Crippen LogP contribution in [0.25, 0.3) is 12.7 Å². The Morgan fingerprint density at radius 1 is 1.50 bits per heavy atom. The molecular formula is C11H17N. The predicted octanol–water partition coefficient (Wildman–Crippen LogP) is 1.59. The highest BCUT2D eigenvalue weighted by molar-refractivity contribution is 5.28. The Kier molecular flexibility index (Phi) is 2.41. The smallest absolute Gasteiger partial charge is 0.0409 e. The summed E-state index contributed by atoms with van der Waals surface area (Å²) in [5.41, 5.74) is 1.32. The number of nitrogens with zero attached hydrogens (tertiary/aromatic N) is 1. The van der Waals surface area contributed by atoms with E-state index in [1.54, 1.807) is 0 Å². The van der Waals surface area contributed by atoms with Crippen LogP contribution in [0.4, 0.5) is 0 Å². The lowest BCUT2D eigenvalue weighted by molar-refractivity contribution is 0.588. The maximum atomic E-state index is 4.07. The standard InChI is InChI=1S/C11H17N/c1-6-11-9(4)7-12(8(2)3)10(11)5/h6-8H,5H2,1-4H3/b11-6-. The van der Waals surface area contributed by atoms with E-state index in [9.17, 15) is 0 Å². The van der Waals surface area contributed by atoms with Crippen molar-refractivity contribution in [3.05, 3.63) is 22.3 Å². The molecule has 0 N–H and O–H groups in total. The van der Waals surface area contributed by atoms with Gasteiger partial charge in [0, 0.05) is 17.6 Å². The van der Waals surface area contributed by atoms with Crippen LogP contribution in [0.2, 0.25) is 0 Å². The van der Waals surface area contributed by atoms with Crippen LogP contribution in [0.1, 0.15) is 32.4 Å². The van der Waals surface area contributed by atoms with Crippen LogP contribution in [-0.4, -0.2) is 4.57 Å². The van der Waals surface area contributed by atoms with Crippen LogP contribution >= 0.6 is 0 Å². The Bertz CT molecular complexity index is 368. The molecule has 1 nitrogen and oxygen atoms in total. The van der Waals surface area contributed by atoms with E-state index in [2.05, 4.69) is 51.1 Å². The van der Waals surface area contributed by atoms with Gasteiger partial charge in [-0.05, 0) is 38.5 Å². The van der Waals surface area contributed by atoms with Gasteiger partial charge >= 0.3 is 0 Å². The predicted molar refractivity (Wildman–Crippen MR) is 54.5 cm³/mol. The van der Waals surface area contributed by atoms with Gasteiger partial charge in [-0.2, -0.15) is 0 Å². The molecule has 0 bridgehead atoms. The van der Waals surface area contributed by atoms with Crippen molar-refractivity contribution in [2.45, 2.75) is 33.7 Å². The number of hydrogen-bond donors (Lipinski definition) is 0. The zero-order valence-corrected chi connectivity index (χ0v) is 8.39. The van der Waals surface area contributed by atoms with Gasteiger partial charge in [0.15, 0.2) is 0 Å². The molecule has 0 saturated carbocycles. The Balaban J connectivity index is 3.49. The second-order valence-corrected chi connectivity index (χ2v) is 3.46. The molecule has 1 rings (SSSR count). The molecule has 0 fully saturated rings. The van der Waals surface area contributed by atoms with Crippen molar-refractivity contribution in [2.75, 3.05) is 0 Å². The van der Waals surface area contributed by atoms with Gasteiger partial charge in [0.2, 0.25) is 0 Å². The van der Waals surface area contributed by atoms with E-state index in [-0.39, 0.29) is 0 Å². The van der Waals surface area contributed by atoms with E-state index >= 15 is 0 Å². The Morgan fingerprint density at radius 3 is 2.33 bits per heavy atom. The molecule has 1 aromatic rings. The van der Waals surface area contributed by atoms with Crippen molar-refractivity contribution in [3.8, 4) is 0 Å². The Labute approximate surface area is 74.0 Å². The summed E-state index contributed by atoms with van der Waals surface area (Å²) in [7, 11) is 0.